The number of amides is 1. The van der Waals surface area contributed by atoms with Crippen molar-refractivity contribution in [1.29, 1.82) is 0 Å². The van der Waals surface area contributed by atoms with Crippen molar-refractivity contribution in [2.45, 2.75) is 32.7 Å². The molecule has 1 aliphatic rings. The van der Waals surface area contributed by atoms with Gasteiger partial charge in [-0.1, -0.05) is 38.1 Å². The number of carbonyl (C=O) groups excluding carboxylic acids is 2. The van der Waals surface area contributed by atoms with Crippen LogP contribution in [0.2, 0.25) is 0 Å². The number of carbonyl (C=O) groups is 2. The first-order valence-corrected chi connectivity index (χ1v) is 11.3. The van der Waals surface area contributed by atoms with E-state index in [2.05, 4.69) is 0 Å². The summed E-state index contributed by atoms with van der Waals surface area (Å²) < 4.78 is 5.52. The van der Waals surface area contributed by atoms with Gasteiger partial charge in [0.05, 0.1) is 12.7 Å². The average molecular weight is 448 g/mol. The number of aliphatic hydroxyl groups excluding tert-OH is 1. The number of hydrogen-bond donors (Lipinski definition) is 1. The molecule has 0 saturated carbocycles. The van der Waals surface area contributed by atoms with Crippen molar-refractivity contribution in [3.8, 4) is 5.75 Å². The van der Waals surface area contributed by atoms with E-state index in [9.17, 15) is 14.7 Å². The molecular weight excluding hydrogens is 422 g/mol. The summed E-state index contributed by atoms with van der Waals surface area (Å²) in [7, 11) is 1.61. The SMILES string of the molecule is COc1cc(C)c(/C(O)=C2\C(=O)C(=O)N(c3ccccc3)C2c2cccs2)cc1C(C)C. The quantitative estimate of drug-likeness (QED) is 0.304. The van der Waals surface area contributed by atoms with Crippen LogP contribution in [-0.4, -0.2) is 23.9 Å². The van der Waals surface area contributed by atoms with Gasteiger partial charge in [0.2, 0.25) is 0 Å². The second-order valence-electron chi connectivity index (χ2n) is 8.08. The molecular formula is C26H25NO4S. The first kappa shape index (κ1) is 21.8. The number of nitrogens with zero attached hydrogens (tertiary/aromatic N) is 1. The van der Waals surface area contributed by atoms with Crippen molar-refractivity contribution < 1.29 is 19.4 Å². The van der Waals surface area contributed by atoms with Crippen molar-refractivity contribution in [1.82, 2.24) is 0 Å². The van der Waals surface area contributed by atoms with Crippen LogP contribution >= 0.6 is 11.3 Å². The Morgan fingerprint density at radius 1 is 1.09 bits per heavy atom. The molecule has 1 fully saturated rings. The average Bonchev–Trinajstić information content (AvgIpc) is 3.40. The third-order valence-corrected chi connectivity index (χ3v) is 6.67. The van der Waals surface area contributed by atoms with E-state index in [4.69, 9.17) is 4.74 Å². The predicted octanol–water partition coefficient (Wildman–Crippen LogP) is 5.81. The Bertz CT molecular complexity index is 1200. The molecule has 5 nitrogen and oxygen atoms in total. The highest BCUT2D eigenvalue weighted by Gasteiger charge is 2.47. The summed E-state index contributed by atoms with van der Waals surface area (Å²) in [6.07, 6.45) is 0. The first-order chi connectivity index (χ1) is 15.3. The van der Waals surface area contributed by atoms with Gasteiger partial charge >= 0.3 is 0 Å². The number of benzene rings is 2. The number of rotatable bonds is 5. The molecule has 3 aromatic rings. The van der Waals surface area contributed by atoms with Gasteiger partial charge in [-0.05, 0) is 59.7 Å². The highest BCUT2D eigenvalue weighted by molar-refractivity contribution is 7.10. The van der Waals surface area contributed by atoms with Crippen LogP contribution in [0.4, 0.5) is 5.69 Å². The number of hydrogen-bond acceptors (Lipinski definition) is 5. The maximum Gasteiger partial charge on any atom is 0.300 e. The van der Waals surface area contributed by atoms with Gasteiger partial charge in [0.25, 0.3) is 11.7 Å². The van der Waals surface area contributed by atoms with Gasteiger partial charge in [-0.2, -0.15) is 0 Å². The fraction of sp³-hybridized carbons (Fsp3) is 0.231. The number of aliphatic hydroxyl groups is 1. The van der Waals surface area contributed by atoms with Crippen LogP contribution in [0.25, 0.3) is 5.76 Å². The Balaban J connectivity index is 1.96. The zero-order chi connectivity index (χ0) is 23.0. The molecule has 1 unspecified atom stereocenters. The number of aryl methyl sites for hydroxylation is 1. The number of methoxy groups -OCH3 is 1. The smallest absolute Gasteiger partial charge is 0.300 e. The highest BCUT2D eigenvalue weighted by Crippen LogP contribution is 2.44. The van der Waals surface area contributed by atoms with E-state index < -0.39 is 17.7 Å². The lowest BCUT2D eigenvalue weighted by Crippen LogP contribution is -2.29. The Labute approximate surface area is 191 Å². The summed E-state index contributed by atoms with van der Waals surface area (Å²) in [6, 6.07) is 15.9. The van der Waals surface area contributed by atoms with Crippen LogP contribution in [0.1, 0.15) is 47.4 Å². The Kier molecular flexibility index (Phi) is 5.89. The second-order valence-corrected chi connectivity index (χ2v) is 9.06. The topological polar surface area (TPSA) is 66.8 Å². The van der Waals surface area contributed by atoms with Crippen molar-refractivity contribution >= 4 is 34.5 Å². The predicted molar refractivity (Wildman–Crippen MR) is 127 cm³/mol. The van der Waals surface area contributed by atoms with Crippen molar-refractivity contribution in [2.24, 2.45) is 0 Å². The van der Waals surface area contributed by atoms with E-state index in [1.165, 1.54) is 16.2 Å². The van der Waals surface area contributed by atoms with Crippen molar-refractivity contribution in [2.75, 3.05) is 12.0 Å². The van der Waals surface area contributed by atoms with Crippen molar-refractivity contribution in [3.05, 3.63) is 87.1 Å². The Hall–Kier alpha value is -3.38. The molecule has 1 amide bonds. The van der Waals surface area contributed by atoms with E-state index >= 15 is 0 Å². The molecule has 0 aliphatic carbocycles. The maximum absolute atomic E-state index is 13.2. The Morgan fingerprint density at radius 3 is 2.41 bits per heavy atom. The number of thiophene rings is 1. The molecule has 6 heteroatoms. The third kappa shape index (κ3) is 3.60. The standard InChI is InChI=1S/C26H25NO4S/c1-15(2)18-14-19(16(3)13-20(18)31-4)24(28)22-23(21-11-8-12-32-21)27(26(30)25(22)29)17-9-6-5-7-10-17/h5-15,23,28H,1-4H3/b24-22+. The molecule has 1 N–H and O–H groups in total. The molecule has 2 heterocycles. The lowest BCUT2D eigenvalue weighted by molar-refractivity contribution is -0.132. The molecule has 2 aromatic carbocycles. The van der Waals surface area contributed by atoms with Gasteiger partial charge in [-0.25, -0.2) is 0 Å². The van der Waals surface area contributed by atoms with E-state index in [0.717, 1.165) is 21.8 Å². The lowest BCUT2D eigenvalue weighted by atomic mass is 9.92. The zero-order valence-electron chi connectivity index (χ0n) is 18.5. The number of ether oxygens (including phenoxy) is 1. The minimum absolute atomic E-state index is 0.101. The summed E-state index contributed by atoms with van der Waals surface area (Å²) >= 11 is 1.45. The minimum Gasteiger partial charge on any atom is -0.507 e. The fourth-order valence-electron chi connectivity index (χ4n) is 4.13. The van der Waals surface area contributed by atoms with E-state index in [1.807, 2.05) is 68.6 Å². The largest absolute Gasteiger partial charge is 0.507 e. The van der Waals surface area contributed by atoms with Crippen LogP contribution < -0.4 is 9.64 Å². The van der Waals surface area contributed by atoms with Gasteiger partial charge in [-0.15, -0.1) is 11.3 Å². The molecule has 1 saturated heterocycles. The van der Waals surface area contributed by atoms with Crippen LogP contribution in [0, 0.1) is 6.92 Å². The highest BCUT2D eigenvalue weighted by atomic mass is 32.1. The lowest BCUT2D eigenvalue weighted by Gasteiger charge is -2.24. The maximum atomic E-state index is 13.2. The summed E-state index contributed by atoms with van der Waals surface area (Å²) in [4.78, 5) is 28.7. The normalized spacial score (nSPS) is 17.9. The summed E-state index contributed by atoms with van der Waals surface area (Å²) in [5, 5.41) is 13.3. The van der Waals surface area contributed by atoms with Gasteiger partial charge in [0, 0.05) is 16.1 Å². The molecule has 0 spiro atoms. The van der Waals surface area contributed by atoms with Gasteiger partial charge in [0.1, 0.15) is 17.6 Å². The molecule has 4 rings (SSSR count). The summed E-state index contributed by atoms with van der Waals surface area (Å²) in [5.41, 5.74) is 2.93. The molecule has 0 bridgehead atoms. The third-order valence-electron chi connectivity index (χ3n) is 5.75. The van der Waals surface area contributed by atoms with Crippen LogP contribution in [0.5, 0.6) is 5.75 Å². The fourth-order valence-corrected chi connectivity index (χ4v) is 4.95. The number of anilines is 1. The van der Waals surface area contributed by atoms with E-state index in [-0.39, 0.29) is 17.3 Å². The molecule has 1 atom stereocenters. The minimum atomic E-state index is -0.693. The monoisotopic (exact) mass is 447 g/mol. The van der Waals surface area contributed by atoms with Crippen molar-refractivity contribution in [3.63, 3.8) is 0 Å². The molecule has 164 valence electrons. The van der Waals surface area contributed by atoms with Crippen LogP contribution in [0.15, 0.2) is 65.6 Å². The van der Waals surface area contributed by atoms with E-state index in [1.54, 1.807) is 19.2 Å². The Morgan fingerprint density at radius 2 is 1.81 bits per heavy atom. The zero-order valence-corrected chi connectivity index (χ0v) is 19.3. The van der Waals surface area contributed by atoms with E-state index in [0.29, 0.717) is 11.3 Å². The molecule has 0 radical (unpaired) electrons. The van der Waals surface area contributed by atoms with Gasteiger partial charge < -0.3 is 9.84 Å². The van der Waals surface area contributed by atoms with Crippen LogP contribution in [0.3, 0.4) is 0 Å². The summed E-state index contributed by atoms with van der Waals surface area (Å²) in [5.74, 6) is -0.620. The first-order valence-electron chi connectivity index (χ1n) is 10.4. The molecule has 1 aliphatic heterocycles. The number of para-hydroxylation sites is 1. The second kappa shape index (κ2) is 8.63. The number of ketones is 1. The molecule has 32 heavy (non-hydrogen) atoms. The molecule has 1 aromatic heterocycles. The number of Topliss-reactive ketones (excluding diaryl/α,β-unsaturated/α-hetero) is 1. The van der Waals surface area contributed by atoms with Crippen LogP contribution in [-0.2, 0) is 9.59 Å². The summed E-state index contributed by atoms with van der Waals surface area (Å²) in [6.45, 7) is 5.93. The van der Waals surface area contributed by atoms with Gasteiger partial charge in [0.15, 0.2) is 0 Å². The van der Waals surface area contributed by atoms with Gasteiger partial charge in [-0.3, -0.25) is 14.5 Å².